The minimum atomic E-state index is -0.555. The van der Waals surface area contributed by atoms with Crippen LogP contribution in [0.1, 0.15) is 77.7 Å². The number of para-hydroxylation sites is 1. The summed E-state index contributed by atoms with van der Waals surface area (Å²) in [6, 6.07) is 19.2. The van der Waals surface area contributed by atoms with E-state index in [4.69, 9.17) is 4.42 Å². The molecule has 1 heterocycles. The van der Waals surface area contributed by atoms with E-state index in [1.165, 1.54) is 5.56 Å². The van der Waals surface area contributed by atoms with Gasteiger partial charge in [0.1, 0.15) is 11.1 Å². The molecule has 0 atom stereocenters. The number of Topliss-reactive ketones (excluding diaryl/α,β-unsaturated/α-hetero) is 1. The molecule has 0 spiro atoms. The number of carbonyl (C=O) groups excluding carboxylic acids is 1. The Kier molecular flexibility index (Phi) is 18.4. The van der Waals surface area contributed by atoms with Crippen molar-refractivity contribution in [2.45, 2.75) is 68.2 Å². The highest BCUT2D eigenvalue weighted by atomic mass is 16.4. The summed E-state index contributed by atoms with van der Waals surface area (Å²) in [4.78, 5) is 22.9. The fraction of sp³-hybridized carbons (Fsp3) is 0.385. The molecule has 2 aromatic carbocycles. The standard InChI is InChI=1S/C12H10O3.C8H10.3C2H6/c1-2-10(13)9-7-8-5-3-4-6-11(8)15-12(9)14;1-2-8-6-4-3-5-7-8;3*1-2/h3-7H,2H2,1H3;3-7H,2H2,1H3;3*1-2H3. The minimum absolute atomic E-state index is 0.135. The second-order valence-electron chi connectivity index (χ2n) is 5.10. The van der Waals surface area contributed by atoms with Crippen LogP contribution in [-0.4, -0.2) is 5.78 Å². The van der Waals surface area contributed by atoms with Crippen molar-refractivity contribution in [1.82, 2.24) is 0 Å². The molecule has 0 aliphatic heterocycles. The molecule has 0 aliphatic rings. The van der Waals surface area contributed by atoms with E-state index in [1.807, 2.05) is 59.7 Å². The van der Waals surface area contributed by atoms with Crippen LogP contribution < -0.4 is 5.63 Å². The third kappa shape index (κ3) is 10.4. The summed E-state index contributed by atoms with van der Waals surface area (Å²) in [7, 11) is 0. The molecule has 3 rings (SSSR count). The molecule has 0 amide bonds. The maximum Gasteiger partial charge on any atom is 0.347 e. The Hall–Kier alpha value is -2.68. The van der Waals surface area contributed by atoms with Gasteiger partial charge in [-0.25, -0.2) is 4.79 Å². The van der Waals surface area contributed by atoms with E-state index in [0.29, 0.717) is 12.0 Å². The van der Waals surface area contributed by atoms with E-state index in [9.17, 15) is 9.59 Å². The Balaban J connectivity index is 0. The van der Waals surface area contributed by atoms with Crippen molar-refractivity contribution in [2.24, 2.45) is 0 Å². The van der Waals surface area contributed by atoms with E-state index in [2.05, 4.69) is 31.2 Å². The molecule has 0 unspecified atom stereocenters. The molecule has 3 heteroatoms. The van der Waals surface area contributed by atoms with Crippen LogP contribution in [0.5, 0.6) is 0 Å². The zero-order chi connectivity index (χ0) is 22.7. The summed E-state index contributed by atoms with van der Waals surface area (Å²) in [5.41, 5.74) is 1.50. The zero-order valence-electron chi connectivity index (χ0n) is 19.4. The monoisotopic (exact) mass is 398 g/mol. The van der Waals surface area contributed by atoms with Gasteiger partial charge >= 0.3 is 5.63 Å². The highest BCUT2D eigenvalue weighted by Crippen LogP contribution is 2.13. The first-order valence-corrected chi connectivity index (χ1v) is 10.8. The Labute approximate surface area is 176 Å². The summed E-state index contributed by atoms with van der Waals surface area (Å²) in [6.45, 7) is 15.9. The molecule has 29 heavy (non-hydrogen) atoms. The van der Waals surface area contributed by atoms with Gasteiger partial charge in [0.15, 0.2) is 5.78 Å². The van der Waals surface area contributed by atoms with E-state index in [-0.39, 0.29) is 11.3 Å². The Bertz CT molecular complexity index is 833. The van der Waals surface area contributed by atoms with E-state index < -0.39 is 5.63 Å². The molecule has 1 aromatic heterocycles. The summed E-state index contributed by atoms with van der Waals surface area (Å²) in [5, 5.41) is 0.772. The van der Waals surface area contributed by atoms with Crippen molar-refractivity contribution in [1.29, 1.82) is 0 Å². The topological polar surface area (TPSA) is 47.3 Å². The third-order valence-electron chi connectivity index (χ3n) is 3.51. The molecule has 0 aliphatic carbocycles. The maximum atomic E-state index is 11.4. The van der Waals surface area contributed by atoms with Gasteiger partial charge in [-0.1, -0.05) is 104 Å². The van der Waals surface area contributed by atoms with Gasteiger partial charge in [0.25, 0.3) is 0 Å². The number of carbonyl (C=O) groups is 1. The van der Waals surface area contributed by atoms with Crippen LogP contribution in [0.2, 0.25) is 0 Å². The van der Waals surface area contributed by atoms with Gasteiger partial charge in [-0.05, 0) is 24.1 Å². The van der Waals surface area contributed by atoms with Gasteiger partial charge in [-0.3, -0.25) is 4.79 Å². The molecule has 0 saturated carbocycles. The van der Waals surface area contributed by atoms with Crippen LogP contribution in [0.15, 0.2) is 69.9 Å². The van der Waals surface area contributed by atoms with Crippen LogP contribution in [0.4, 0.5) is 0 Å². The van der Waals surface area contributed by atoms with Crippen LogP contribution in [-0.2, 0) is 6.42 Å². The van der Waals surface area contributed by atoms with Gasteiger partial charge in [-0.15, -0.1) is 0 Å². The van der Waals surface area contributed by atoms with E-state index in [1.54, 1.807) is 25.1 Å². The molecule has 3 nitrogen and oxygen atoms in total. The number of benzene rings is 2. The van der Waals surface area contributed by atoms with Gasteiger partial charge in [0.2, 0.25) is 0 Å². The summed E-state index contributed by atoms with van der Waals surface area (Å²) in [6.07, 6.45) is 1.45. The second-order valence-corrected chi connectivity index (χ2v) is 5.10. The number of rotatable bonds is 3. The summed E-state index contributed by atoms with van der Waals surface area (Å²) >= 11 is 0. The van der Waals surface area contributed by atoms with Crippen molar-refractivity contribution >= 4 is 16.8 Å². The van der Waals surface area contributed by atoms with Gasteiger partial charge in [0.05, 0.1) is 0 Å². The van der Waals surface area contributed by atoms with Crippen molar-refractivity contribution < 1.29 is 9.21 Å². The minimum Gasteiger partial charge on any atom is -0.422 e. The Morgan fingerprint density at radius 3 is 1.79 bits per heavy atom. The molecule has 0 bridgehead atoms. The van der Waals surface area contributed by atoms with Gasteiger partial charge < -0.3 is 4.42 Å². The third-order valence-corrected chi connectivity index (χ3v) is 3.51. The van der Waals surface area contributed by atoms with Crippen molar-refractivity contribution in [3.63, 3.8) is 0 Å². The lowest BCUT2D eigenvalue weighted by Gasteiger charge is -1.99. The van der Waals surface area contributed by atoms with E-state index in [0.717, 1.165) is 11.8 Å². The van der Waals surface area contributed by atoms with Crippen molar-refractivity contribution in [2.75, 3.05) is 0 Å². The SMILES string of the molecule is CC.CC.CC.CCC(=O)c1cc2ccccc2oc1=O.CCc1ccccc1. The number of aryl methyl sites for hydroxylation is 1. The first-order chi connectivity index (χ1) is 14.2. The number of ketones is 1. The van der Waals surface area contributed by atoms with Gasteiger partial charge in [-0.2, -0.15) is 0 Å². The molecule has 0 fully saturated rings. The normalized spacial score (nSPS) is 8.55. The number of hydrogen-bond acceptors (Lipinski definition) is 3. The molecule has 0 N–H and O–H groups in total. The zero-order valence-corrected chi connectivity index (χ0v) is 19.4. The molecular weight excluding hydrogens is 360 g/mol. The Morgan fingerprint density at radius 2 is 1.31 bits per heavy atom. The smallest absolute Gasteiger partial charge is 0.347 e. The summed E-state index contributed by atoms with van der Waals surface area (Å²) in [5.74, 6) is -0.186. The number of hydrogen-bond donors (Lipinski definition) is 0. The van der Waals surface area contributed by atoms with Crippen LogP contribution in [0.25, 0.3) is 11.0 Å². The van der Waals surface area contributed by atoms with E-state index >= 15 is 0 Å². The maximum absolute atomic E-state index is 11.4. The quantitative estimate of drug-likeness (QED) is 0.335. The first-order valence-electron chi connectivity index (χ1n) is 10.8. The van der Waals surface area contributed by atoms with Crippen LogP contribution in [0.3, 0.4) is 0 Å². The lowest BCUT2D eigenvalue weighted by atomic mass is 10.1. The lowest BCUT2D eigenvalue weighted by Crippen LogP contribution is -2.12. The lowest BCUT2D eigenvalue weighted by molar-refractivity contribution is 0.0985. The highest BCUT2D eigenvalue weighted by Gasteiger charge is 2.10. The number of fused-ring (bicyclic) bond motifs is 1. The van der Waals surface area contributed by atoms with Crippen molar-refractivity contribution in [3.05, 3.63) is 82.2 Å². The summed E-state index contributed by atoms with van der Waals surface area (Å²) < 4.78 is 5.04. The van der Waals surface area contributed by atoms with Crippen LogP contribution >= 0.6 is 0 Å². The molecule has 160 valence electrons. The predicted molar refractivity (Wildman–Crippen MR) is 127 cm³/mol. The molecule has 0 radical (unpaired) electrons. The Morgan fingerprint density at radius 1 is 0.793 bits per heavy atom. The largest absolute Gasteiger partial charge is 0.422 e. The average Bonchev–Trinajstić information content (AvgIpc) is 2.83. The molecular formula is C26H38O3. The van der Waals surface area contributed by atoms with Gasteiger partial charge in [0, 0.05) is 11.8 Å². The highest BCUT2D eigenvalue weighted by molar-refractivity contribution is 5.97. The molecule has 3 aromatic rings. The average molecular weight is 399 g/mol. The van der Waals surface area contributed by atoms with Crippen LogP contribution in [0, 0.1) is 0 Å². The fourth-order valence-corrected chi connectivity index (χ4v) is 2.16. The van der Waals surface area contributed by atoms with Crippen molar-refractivity contribution in [3.8, 4) is 0 Å². The predicted octanol–water partition coefficient (Wildman–Crippen LogP) is 7.71. The first kappa shape index (κ1) is 28.5. The second kappa shape index (κ2) is 18.7. The molecule has 0 saturated heterocycles. The fourth-order valence-electron chi connectivity index (χ4n) is 2.16.